The molecule has 0 spiro atoms. The maximum Gasteiger partial charge on any atom is 0.282 e. The van der Waals surface area contributed by atoms with Crippen LogP contribution in [0, 0.1) is 6.92 Å². The summed E-state index contributed by atoms with van der Waals surface area (Å²) in [4.78, 5) is 30.6. The monoisotopic (exact) mass is 410 g/mol. The quantitative estimate of drug-likeness (QED) is 0.513. The Kier molecular flexibility index (Phi) is 5.72. The van der Waals surface area contributed by atoms with E-state index in [-0.39, 0.29) is 11.8 Å². The molecule has 0 aromatic heterocycles. The number of carbonyl (C=O) groups excluding carboxylic acids is 2. The zero-order valence-corrected chi connectivity index (χ0v) is 18.1. The van der Waals surface area contributed by atoms with Crippen molar-refractivity contribution in [3.63, 3.8) is 0 Å². The van der Waals surface area contributed by atoms with Crippen LogP contribution in [0.4, 0.5) is 11.4 Å². The van der Waals surface area contributed by atoms with E-state index in [9.17, 15) is 9.59 Å². The minimum absolute atomic E-state index is 0.289. The molecule has 0 fully saturated rings. The molecule has 156 valence electrons. The lowest BCUT2D eigenvalue weighted by Gasteiger charge is -2.25. The first-order valence-electron chi connectivity index (χ1n) is 10.7. The summed E-state index contributed by atoms with van der Waals surface area (Å²) in [5, 5.41) is 0. The number of benzene rings is 3. The van der Waals surface area contributed by atoms with Crippen LogP contribution in [-0.4, -0.2) is 18.4 Å². The van der Waals surface area contributed by atoms with Crippen molar-refractivity contribution in [2.24, 2.45) is 0 Å². The van der Waals surface area contributed by atoms with Crippen molar-refractivity contribution in [2.45, 2.75) is 27.2 Å². The molecule has 0 saturated carbocycles. The van der Waals surface area contributed by atoms with Gasteiger partial charge in [-0.15, -0.1) is 0 Å². The molecule has 0 N–H and O–H groups in total. The summed E-state index contributed by atoms with van der Waals surface area (Å²) in [6.07, 6.45) is 0.901. The first-order chi connectivity index (χ1) is 15.0. The van der Waals surface area contributed by atoms with Gasteiger partial charge in [-0.25, -0.2) is 4.90 Å². The molecule has 4 heteroatoms. The third-order valence-corrected chi connectivity index (χ3v) is 5.66. The molecule has 1 heterocycles. The van der Waals surface area contributed by atoms with Crippen molar-refractivity contribution in [3.05, 3.63) is 101 Å². The van der Waals surface area contributed by atoms with E-state index in [1.807, 2.05) is 97.6 Å². The van der Waals surface area contributed by atoms with E-state index in [0.717, 1.165) is 28.8 Å². The number of para-hydroxylation sites is 1. The van der Waals surface area contributed by atoms with Gasteiger partial charge in [0.1, 0.15) is 5.70 Å². The van der Waals surface area contributed by atoms with E-state index in [1.54, 1.807) is 0 Å². The molecule has 1 aliphatic rings. The van der Waals surface area contributed by atoms with E-state index < -0.39 is 0 Å². The van der Waals surface area contributed by atoms with Gasteiger partial charge in [0, 0.05) is 12.2 Å². The summed E-state index contributed by atoms with van der Waals surface area (Å²) in [6, 6.07) is 25.1. The van der Waals surface area contributed by atoms with Gasteiger partial charge in [0.05, 0.1) is 11.3 Å². The Balaban J connectivity index is 1.87. The van der Waals surface area contributed by atoms with Crippen molar-refractivity contribution in [2.75, 3.05) is 16.3 Å². The van der Waals surface area contributed by atoms with Crippen LogP contribution in [-0.2, 0) is 16.0 Å². The van der Waals surface area contributed by atoms with E-state index in [4.69, 9.17) is 0 Å². The summed E-state index contributed by atoms with van der Waals surface area (Å²) < 4.78 is 0. The Morgan fingerprint density at radius 2 is 1.42 bits per heavy atom. The van der Waals surface area contributed by atoms with Gasteiger partial charge < -0.3 is 4.90 Å². The van der Waals surface area contributed by atoms with Crippen LogP contribution in [0.1, 0.15) is 30.5 Å². The van der Waals surface area contributed by atoms with Gasteiger partial charge in [-0.1, -0.05) is 67.1 Å². The number of hydrogen-bond acceptors (Lipinski definition) is 3. The minimum atomic E-state index is -0.296. The molecule has 0 unspecified atom stereocenters. The Bertz CT molecular complexity index is 1130. The number of rotatable bonds is 6. The first-order valence-corrected chi connectivity index (χ1v) is 10.7. The molecule has 3 aromatic rings. The summed E-state index contributed by atoms with van der Waals surface area (Å²) >= 11 is 0. The van der Waals surface area contributed by atoms with E-state index in [1.165, 1.54) is 4.90 Å². The van der Waals surface area contributed by atoms with Crippen LogP contribution in [0.3, 0.4) is 0 Å². The van der Waals surface area contributed by atoms with Crippen molar-refractivity contribution in [3.8, 4) is 0 Å². The van der Waals surface area contributed by atoms with Crippen molar-refractivity contribution < 1.29 is 9.59 Å². The summed E-state index contributed by atoms with van der Waals surface area (Å²) in [6.45, 7) is 6.64. The highest BCUT2D eigenvalue weighted by Crippen LogP contribution is 2.36. The maximum atomic E-state index is 13.7. The summed E-state index contributed by atoms with van der Waals surface area (Å²) in [7, 11) is 0. The van der Waals surface area contributed by atoms with Crippen LogP contribution in [0.15, 0.2) is 84.6 Å². The molecule has 0 atom stereocenters. The highest BCUT2D eigenvalue weighted by Gasteiger charge is 2.42. The van der Waals surface area contributed by atoms with Crippen molar-refractivity contribution >= 4 is 28.8 Å². The van der Waals surface area contributed by atoms with Crippen molar-refractivity contribution in [1.82, 2.24) is 0 Å². The average Bonchev–Trinajstić information content (AvgIpc) is 3.06. The molecule has 31 heavy (non-hydrogen) atoms. The topological polar surface area (TPSA) is 40.6 Å². The summed E-state index contributed by atoms with van der Waals surface area (Å²) in [5.41, 5.74) is 5.35. The number of amides is 2. The largest absolute Gasteiger partial charge is 0.337 e. The molecule has 2 amide bonds. The Labute approximate surface area is 183 Å². The molecule has 4 rings (SSSR count). The lowest BCUT2D eigenvalue weighted by atomic mass is 10.0. The molecule has 0 bridgehead atoms. The van der Waals surface area contributed by atoms with Crippen LogP contribution in [0.5, 0.6) is 0 Å². The van der Waals surface area contributed by atoms with E-state index in [2.05, 4.69) is 6.92 Å². The van der Waals surface area contributed by atoms with Gasteiger partial charge in [0.15, 0.2) is 0 Å². The van der Waals surface area contributed by atoms with Gasteiger partial charge in [0.25, 0.3) is 11.8 Å². The van der Waals surface area contributed by atoms with Crippen LogP contribution >= 0.6 is 0 Å². The maximum absolute atomic E-state index is 13.7. The molecule has 0 radical (unpaired) electrons. The Morgan fingerprint density at radius 1 is 0.774 bits per heavy atom. The number of aryl methyl sites for hydroxylation is 2. The smallest absolute Gasteiger partial charge is 0.282 e. The second-order valence-electron chi connectivity index (χ2n) is 7.64. The molecular weight excluding hydrogens is 384 g/mol. The fourth-order valence-electron chi connectivity index (χ4n) is 3.94. The molecular formula is C27H26N2O2. The van der Waals surface area contributed by atoms with Crippen LogP contribution in [0.25, 0.3) is 5.57 Å². The lowest BCUT2D eigenvalue weighted by molar-refractivity contribution is -0.120. The second kappa shape index (κ2) is 8.60. The Morgan fingerprint density at radius 3 is 2.00 bits per heavy atom. The SMILES string of the molecule is CCc1ccc(N2C(=O)C(c3ccc(C)cc3)=C(N(CC)c3ccccc3)C2=O)cc1. The van der Waals surface area contributed by atoms with Crippen LogP contribution in [0.2, 0.25) is 0 Å². The predicted molar refractivity (Wildman–Crippen MR) is 126 cm³/mol. The normalized spacial score (nSPS) is 13.8. The fraction of sp³-hybridized carbons (Fsp3) is 0.185. The molecule has 0 saturated heterocycles. The zero-order chi connectivity index (χ0) is 22.0. The standard InChI is InChI=1S/C27H26N2O2/c1-4-20-13-17-23(18-14-20)29-26(30)24(21-15-11-19(3)12-16-21)25(27(29)31)28(5-2)22-9-7-6-8-10-22/h6-18H,4-5H2,1-3H3. The predicted octanol–water partition coefficient (Wildman–Crippen LogP) is 5.37. The van der Waals surface area contributed by atoms with E-state index in [0.29, 0.717) is 23.5 Å². The van der Waals surface area contributed by atoms with E-state index >= 15 is 0 Å². The second-order valence-corrected chi connectivity index (χ2v) is 7.64. The van der Waals surface area contributed by atoms with Crippen LogP contribution < -0.4 is 9.80 Å². The van der Waals surface area contributed by atoms with Gasteiger partial charge >= 0.3 is 0 Å². The third kappa shape index (κ3) is 3.77. The van der Waals surface area contributed by atoms with Gasteiger partial charge in [-0.05, 0) is 55.7 Å². The summed E-state index contributed by atoms with van der Waals surface area (Å²) in [5.74, 6) is -0.585. The Hall–Kier alpha value is -3.66. The van der Waals surface area contributed by atoms with Crippen molar-refractivity contribution in [1.29, 1.82) is 0 Å². The van der Waals surface area contributed by atoms with Gasteiger partial charge in [-0.2, -0.15) is 0 Å². The first kappa shape index (κ1) is 20.6. The minimum Gasteiger partial charge on any atom is -0.337 e. The average molecular weight is 411 g/mol. The number of nitrogens with zero attached hydrogens (tertiary/aromatic N) is 2. The number of hydrogen-bond donors (Lipinski definition) is 0. The molecule has 3 aromatic carbocycles. The van der Waals surface area contributed by atoms with Gasteiger partial charge in [0.2, 0.25) is 0 Å². The highest BCUT2D eigenvalue weighted by molar-refractivity contribution is 6.46. The molecule has 1 aliphatic heterocycles. The number of carbonyl (C=O) groups is 2. The molecule has 4 nitrogen and oxygen atoms in total. The number of anilines is 2. The number of likely N-dealkylation sites (N-methyl/N-ethyl adjacent to an activating group) is 1. The zero-order valence-electron chi connectivity index (χ0n) is 18.1. The molecule has 0 aliphatic carbocycles. The lowest BCUT2D eigenvalue weighted by Crippen LogP contribution is -2.35. The number of imide groups is 1. The highest BCUT2D eigenvalue weighted by atomic mass is 16.2. The van der Waals surface area contributed by atoms with Gasteiger partial charge in [-0.3, -0.25) is 9.59 Å². The third-order valence-electron chi connectivity index (χ3n) is 5.66. The fourth-order valence-corrected chi connectivity index (χ4v) is 3.94.